The van der Waals surface area contributed by atoms with Crippen molar-refractivity contribution < 1.29 is 0 Å². The van der Waals surface area contributed by atoms with Crippen LogP contribution >= 0.6 is 12.2 Å². The Hall–Kier alpha value is -1.69. The molecule has 3 rings (SSSR count). The average Bonchev–Trinajstić information content (AvgIpc) is 2.79. The zero-order chi connectivity index (χ0) is 14.3. The van der Waals surface area contributed by atoms with Gasteiger partial charge in [-0.1, -0.05) is 0 Å². The number of pyridine rings is 1. The third kappa shape index (κ3) is 2.14. The summed E-state index contributed by atoms with van der Waals surface area (Å²) in [4.78, 5) is 15.3. The van der Waals surface area contributed by atoms with Crippen molar-refractivity contribution in [1.29, 1.82) is 0 Å². The minimum Gasteiger partial charge on any atom is -0.325 e. The van der Waals surface area contributed by atoms with Crippen LogP contribution in [-0.2, 0) is 12.8 Å². The molecule has 2 aromatic rings. The second-order valence-electron chi connectivity index (χ2n) is 5.54. The van der Waals surface area contributed by atoms with E-state index in [0.29, 0.717) is 16.2 Å². The van der Waals surface area contributed by atoms with Crippen molar-refractivity contribution in [2.75, 3.05) is 0 Å². The van der Waals surface area contributed by atoms with E-state index in [4.69, 9.17) is 12.2 Å². The monoisotopic (exact) mass is 290 g/mol. The van der Waals surface area contributed by atoms with Crippen molar-refractivity contribution in [3.8, 4) is 11.4 Å². The maximum Gasteiger partial charge on any atom is 0.259 e. The molecule has 0 bridgehead atoms. The summed E-state index contributed by atoms with van der Waals surface area (Å²) < 4.78 is 2.43. The van der Waals surface area contributed by atoms with Gasteiger partial charge in [0.05, 0.1) is 5.56 Å². The molecule has 1 aliphatic carbocycles. The number of fused-ring (bicyclic) bond motifs is 1. The van der Waals surface area contributed by atoms with Gasteiger partial charge in [-0.3, -0.25) is 14.5 Å². The Labute approximate surface area is 122 Å². The molecule has 0 saturated heterocycles. The van der Waals surface area contributed by atoms with Gasteiger partial charge >= 0.3 is 0 Å². The molecule has 0 fully saturated rings. The van der Waals surface area contributed by atoms with Crippen LogP contribution in [0.3, 0.4) is 0 Å². The summed E-state index contributed by atoms with van der Waals surface area (Å²) in [5, 5.41) is 7.03. The van der Waals surface area contributed by atoms with Crippen LogP contribution in [0.1, 0.15) is 44.0 Å². The minimum absolute atomic E-state index is 0.0819. The first-order chi connectivity index (χ1) is 9.58. The smallest absolute Gasteiger partial charge is 0.259 e. The Bertz CT molecular complexity index is 753. The Balaban J connectivity index is 2.20. The largest absolute Gasteiger partial charge is 0.325 e. The van der Waals surface area contributed by atoms with Gasteiger partial charge in [0.25, 0.3) is 5.56 Å². The molecule has 0 saturated carbocycles. The molecule has 0 atom stereocenters. The van der Waals surface area contributed by atoms with E-state index in [0.717, 1.165) is 25.0 Å². The second kappa shape index (κ2) is 5.01. The lowest BCUT2D eigenvalue weighted by atomic mass is 9.95. The van der Waals surface area contributed by atoms with Crippen LogP contribution in [0.25, 0.3) is 11.4 Å². The number of rotatable bonds is 2. The highest BCUT2D eigenvalue weighted by Gasteiger charge is 2.18. The van der Waals surface area contributed by atoms with E-state index in [9.17, 15) is 4.79 Å². The molecule has 0 aliphatic heterocycles. The van der Waals surface area contributed by atoms with E-state index in [1.54, 1.807) is 0 Å². The van der Waals surface area contributed by atoms with Crippen molar-refractivity contribution in [3.63, 3.8) is 0 Å². The molecule has 106 valence electrons. The molecule has 2 heterocycles. The number of hydrogen-bond acceptors (Lipinski definition) is 3. The Morgan fingerprint density at radius 2 is 2.10 bits per heavy atom. The van der Waals surface area contributed by atoms with Crippen LogP contribution in [0.5, 0.6) is 0 Å². The van der Waals surface area contributed by atoms with Crippen molar-refractivity contribution in [3.05, 3.63) is 32.4 Å². The Morgan fingerprint density at radius 3 is 2.85 bits per heavy atom. The Morgan fingerprint density at radius 1 is 1.35 bits per heavy atom. The topological polar surface area (TPSA) is 66.5 Å². The van der Waals surface area contributed by atoms with E-state index in [-0.39, 0.29) is 11.6 Å². The average molecular weight is 290 g/mol. The third-order valence-electron chi connectivity index (χ3n) is 3.80. The van der Waals surface area contributed by atoms with Gasteiger partial charge in [0, 0.05) is 11.7 Å². The molecule has 0 amide bonds. The number of H-pyrrole nitrogens is 2. The van der Waals surface area contributed by atoms with Gasteiger partial charge in [0.1, 0.15) is 0 Å². The quantitative estimate of drug-likeness (QED) is 0.836. The second-order valence-corrected chi connectivity index (χ2v) is 5.93. The van der Waals surface area contributed by atoms with Crippen LogP contribution in [0.4, 0.5) is 0 Å². The summed E-state index contributed by atoms with van der Waals surface area (Å²) in [5.41, 5.74) is 2.83. The molecule has 1 aliphatic rings. The van der Waals surface area contributed by atoms with Crippen molar-refractivity contribution >= 4 is 12.2 Å². The summed E-state index contributed by atoms with van der Waals surface area (Å²) in [6.07, 6.45) is 4.30. The summed E-state index contributed by atoms with van der Waals surface area (Å²) in [7, 11) is 0. The summed E-state index contributed by atoms with van der Waals surface area (Å²) in [6, 6.07) is 2.14. The van der Waals surface area contributed by atoms with E-state index < -0.39 is 0 Å². The lowest BCUT2D eigenvalue weighted by Crippen LogP contribution is -2.18. The summed E-state index contributed by atoms with van der Waals surface area (Å²) in [6.45, 7) is 4.06. The van der Waals surface area contributed by atoms with E-state index in [1.807, 2.05) is 24.5 Å². The van der Waals surface area contributed by atoms with Crippen LogP contribution in [0.2, 0.25) is 0 Å². The number of nitrogens with zero attached hydrogens (tertiary/aromatic N) is 2. The molecule has 2 aromatic heterocycles. The SMILES string of the molecule is CC(C)n1c(-c2cc3c([nH]c2=O)CCCC3)n[nH]c1=S. The molecule has 6 heteroatoms. The zero-order valence-electron chi connectivity index (χ0n) is 11.7. The number of aromatic amines is 2. The van der Waals surface area contributed by atoms with Crippen LogP contribution < -0.4 is 5.56 Å². The fourth-order valence-electron chi connectivity index (χ4n) is 2.81. The normalized spacial score (nSPS) is 14.6. The van der Waals surface area contributed by atoms with E-state index >= 15 is 0 Å². The number of nitrogens with one attached hydrogen (secondary N) is 2. The highest BCUT2D eigenvalue weighted by Crippen LogP contribution is 2.23. The first-order valence-electron chi connectivity index (χ1n) is 7.00. The molecular weight excluding hydrogens is 272 g/mol. The first-order valence-corrected chi connectivity index (χ1v) is 7.41. The fraction of sp³-hybridized carbons (Fsp3) is 0.500. The predicted octanol–water partition coefficient (Wildman–Crippen LogP) is 2.76. The predicted molar refractivity (Wildman–Crippen MR) is 80.5 cm³/mol. The van der Waals surface area contributed by atoms with Crippen LogP contribution in [-0.4, -0.2) is 19.7 Å². The van der Waals surface area contributed by atoms with Crippen molar-refractivity contribution in [1.82, 2.24) is 19.7 Å². The fourth-order valence-corrected chi connectivity index (χ4v) is 3.16. The third-order valence-corrected chi connectivity index (χ3v) is 4.09. The van der Waals surface area contributed by atoms with Gasteiger partial charge < -0.3 is 4.98 Å². The number of hydrogen-bond donors (Lipinski definition) is 2. The van der Waals surface area contributed by atoms with Gasteiger partial charge in [0.15, 0.2) is 10.6 Å². The summed E-state index contributed by atoms with van der Waals surface area (Å²) in [5.74, 6) is 0.625. The van der Waals surface area contributed by atoms with E-state index in [1.165, 1.54) is 12.0 Å². The molecule has 20 heavy (non-hydrogen) atoms. The van der Waals surface area contributed by atoms with Crippen molar-refractivity contribution in [2.24, 2.45) is 0 Å². The van der Waals surface area contributed by atoms with Gasteiger partial charge in [0.2, 0.25) is 0 Å². The molecule has 0 unspecified atom stereocenters. The highest BCUT2D eigenvalue weighted by molar-refractivity contribution is 7.71. The highest BCUT2D eigenvalue weighted by atomic mass is 32.1. The van der Waals surface area contributed by atoms with Gasteiger partial charge in [-0.05, 0) is 63.4 Å². The molecular formula is C14H18N4OS. The summed E-state index contributed by atoms with van der Waals surface area (Å²) >= 11 is 5.25. The minimum atomic E-state index is -0.0819. The molecule has 5 nitrogen and oxygen atoms in total. The number of aryl methyl sites for hydroxylation is 2. The van der Waals surface area contributed by atoms with Crippen LogP contribution in [0, 0.1) is 4.77 Å². The number of aromatic nitrogens is 4. The zero-order valence-corrected chi connectivity index (χ0v) is 12.5. The molecule has 0 spiro atoms. The van der Waals surface area contributed by atoms with Crippen molar-refractivity contribution in [2.45, 2.75) is 45.6 Å². The molecule has 0 radical (unpaired) electrons. The first kappa shape index (κ1) is 13.3. The van der Waals surface area contributed by atoms with Gasteiger partial charge in [-0.25, -0.2) is 0 Å². The van der Waals surface area contributed by atoms with Gasteiger partial charge in [-0.2, -0.15) is 5.10 Å². The van der Waals surface area contributed by atoms with Gasteiger partial charge in [-0.15, -0.1) is 0 Å². The molecule has 0 aromatic carbocycles. The Kier molecular flexibility index (Phi) is 3.33. The van der Waals surface area contributed by atoms with Crippen LogP contribution in [0.15, 0.2) is 10.9 Å². The maximum atomic E-state index is 12.3. The molecule has 2 N–H and O–H groups in total. The lowest BCUT2D eigenvalue weighted by molar-refractivity contribution is 0.596. The standard InChI is InChI=1S/C14H18N4OS/c1-8(2)18-12(16-17-14(18)20)10-7-9-5-3-4-6-11(9)15-13(10)19/h7-8H,3-6H2,1-2H3,(H,15,19)(H,17,20). The van der Waals surface area contributed by atoms with E-state index in [2.05, 4.69) is 15.2 Å². The lowest BCUT2D eigenvalue weighted by Gasteiger charge is -2.16. The maximum absolute atomic E-state index is 12.3.